The van der Waals surface area contributed by atoms with Crippen LogP contribution in [0.25, 0.3) is 0 Å². The van der Waals surface area contributed by atoms with E-state index in [0.29, 0.717) is 23.7 Å². The van der Waals surface area contributed by atoms with Crippen molar-refractivity contribution in [3.05, 3.63) is 0 Å². The fourth-order valence-corrected chi connectivity index (χ4v) is 2.65. The summed E-state index contributed by atoms with van der Waals surface area (Å²) in [6, 6.07) is 0.286. The molecule has 1 aliphatic carbocycles. The van der Waals surface area contributed by atoms with E-state index in [1.807, 2.05) is 0 Å². The number of nitrogens with one attached hydrogen (secondary N) is 2. The fraction of sp³-hybridized carbons (Fsp3) is 0.769. The summed E-state index contributed by atoms with van der Waals surface area (Å²) in [4.78, 5) is 12.5. The zero-order valence-electron chi connectivity index (χ0n) is 12.1. The molecule has 0 aliphatic heterocycles. The van der Waals surface area contributed by atoms with E-state index in [0.717, 1.165) is 19.4 Å². The van der Waals surface area contributed by atoms with Gasteiger partial charge in [-0.05, 0) is 24.7 Å². The first-order valence-electron chi connectivity index (χ1n) is 7.09. The molecule has 0 amide bonds. The highest BCUT2D eigenvalue weighted by molar-refractivity contribution is 5.35. The molecule has 1 fully saturated rings. The van der Waals surface area contributed by atoms with Crippen LogP contribution in [0.3, 0.4) is 0 Å². The molecule has 20 heavy (non-hydrogen) atoms. The maximum absolute atomic E-state index is 9.42. The van der Waals surface area contributed by atoms with Gasteiger partial charge in [-0.1, -0.05) is 12.8 Å². The third kappa shape index (κ3) is 3.69. The fourth-order valence-electron chi connectivity index (χ4n) is 2.65. The number of rotatable bonds is 6. The standard InChI is InChI=1S/C13H23N5O2/c1-14-11-16-12(18-13(17-11)20-2)15-7-9-5-3-4-6-10(9)8-19/h9-10,19H,3-8H2,1-2H3,(H2,14,15,16,17,18). The molecule has 0 spiro atoms. The Hall–Kier alpha value is -1.63. The second-order valence-electron chi connectivity index (χ2n) is 5.09. The lowest BCUT2D eigenvalue weighted by Crippen LogP contribution is -2.29. The quantitative estimate of drug-likeness (QED) is 0.720. The number of methoxy groups -OCH3 is 1. The normalized spacial score (nSPS) is 22.4. The van der Waals surface area contributed by atoms with Gasteiger partial charge in [-0.25, -0.2) is 0 Å². The molecule has 0 bridgehead atoms. The van der Waals surface area contributed by atoms with Gasteiger partial charge in [0.15, 0.2) is 0 Å². The lowest BCUT2D eigenvalue weighted by molar-refractivity contribution is 0.141. The zero-order valence-corrected chi connectivity index (χ0v) is 12.1. The number of hydrogen-bond donors (Lipinski definition) is 3. The zero-order chi connectivity index (χ0) is 14.4. The molecule has 112 valence electrons. The van der Waals surface area contributed by atoms with Gasteiger partial charge in [0.25, 0.3) is 0 Å². The van der Waals surface area contributed by atoms with Gasteiger partial charge in [-0.3, -0.25) is 0 Å². The van der Waals surface area contributed by atoms with Crippen molar-refractivity contribution in [3.63, 3.8) is 0 Å². The molecule has 2 rings (SSSR count). The molecule has 1 saturated carbocycles. The molecule has 1 aromatic heterocycles. The van der Waals surface area contributed by atoms with E-state index in [-0.39, 0.29) is 12.6 Å². The smallest absolute Gasteiger partial charge is 0.322 e. The number of aromatic nitrogens is 3. The van der Waals surface area contributed by atoms with Crippen molar-refractivity contribution in [2.45, 2.75) is 25.7 Å². The molecule has 7 heteroatoms. The van der Waals surface area contributed by atoms with Gasteiger partial charge in [0.2, 0.25) is 11.9 Å². The Labute approximate surface area is 119 Å². The Kier molecular flexibility index (Phi) is 5.34. The third-order valence-electron chi connectivity index (χ3n) is 3.84. The van der Waals surface area contributed by atoms with Crippen molar-refractivity contribution in [1.29, 1.82) is 0 Å². The van der Waals surface area contributed by atoms with E-state index in [9.17, 15) is 5.11 Å². The maximum Gasteiger partial charge on any atom is 0.322 e. The van der Waals surface area contributed by atoms with Crippen molar-refractivity contribution in [2.24, 2.45) is 11.8 Å². The summed E-state index contributed by atoms with van der Waals surface area (Å²) in [7, 11) is 3.28. The molecule has 2 atom stereocenters. The summed E-state index contributed by atoms with van der Waals surface area (Å²) in [5.74, 6) is 1.82. The van der Waals surface area contributed by atoms with Crippen molar-refractivity contribution in [3.8, 4) is 6.01 Å². The minimum absolute atomic E-state index is 0.259. The van der Waals surface area contributed by atoms with Gasteiger partial charge in [-0.15, -0.1) is 0 Å². The Balaban J connectivity index is 1.98. The van der Waals surface area contributed by atoms with Crippen LogP contribution < -0.4 is 15.4 Å². The van der Waals surface area contributed by atoms with Crippen LogP contribution >= 0.6 is 0 Å². The summed E-state index contributed by atoms with van der Waals surface area (Å²) in [5.41, 5.74) is 0. The van der Waals surface area contributed by atoms with Crippen LogP contribution in [0.4, 0.5) is 11.9 Å². The van der Waals surface area contributed by atoms with E-state index < -0.39 is 0 Å². The second-order valence-corrected chi connectivity index (χ2v) is 5.09. The molecular weight excluding hydrogens is 258 g/mol. The molecule has 1 aromatic rings. The molecular formula is C13H23N5O2. The van der Waals surface area contributed by atoms with Crippen LogP contribution in [-0.2, 0) is 0 Å². The molecule has 0 saturated heterocycles. The Morgan fingerprint density at radius 2 is 1.85 bits per heavy atom. The van der Waals surface area contributed by atoms with Gasteiger partial charge in [0.05, 0.1) is 7.11 Å². The molecule has 7 nitrogen and oxygen atoms in total. The highest BCUT2D eigenvalue weighted by Crippen LogP contribution is 2.29. The number of anilines is 2. The first-order chi connectivity index (χ1) is 9.76. The average Bonchev–Trinajstić information content (AvgIpc) is 2.52. The van der Waals surface area contributed by atoms with E-state index in [1.165, 1.54) is 20.0 Å². The second kappa shape index (κ2) is 7.23. The SMILES string of the molecule is CNc1nc(NCC2CCCCC2CO)nc(OC)n1. The van der Waals surface area contributed by atoms with E-state index in [1.54, 1.807) is 7.05 Å². The Morgan fingerprint density at radius 3 is 2.50 bits per heavy atom. The highest BCUT2D eigenvalue weighted by atomic mass is 16.5. The average molecular weight is 281 g/mol. The number of aliphatic hydroxyl groups excluding tert-OH is 1. The lowest BCUT2D eigenvalue weighted by Gasteiger charge is -2.30. The monoisotopic (exact) mass is 281 g/mol. The van der Waals surface area contributed by atoms with E-state index in [4.69, 9.17) is 4.74 Å². The number of aliphatic hydroxyl groups is 1. The molecule has 3 N–H and O–H groups in total. The van der Waals surface area contributed by atoms with Crippen LogP contribution in [0.15, 0.2) is 0 Å². The summed E-state index contributed by atoms with van der Waals surface area (Å²) in [5, 5.41) is 15.5. The van der Waals surface area contributed by atoms with Gasteiger partial charge in [-0.2, -0.15) is 15.0 Å². The third-order valence-corrected chi connectivity index (χ3v) is 3.84. The lowest BCUT2D eigenvalue weighted by atomic mass is 9.80. The minimum Gasteiger partial charge on any atom is -0.467 e. The van der Waals surface area contributed by atoms with Gasteiger partial charge >= 0.3 is 6.01 Å². The van der Waals surface area contributed by atoms with Crippen molar-refractivity contribution >= 4 is 11.9 Å². The highest BCUT2D eigenvalue weighted by Gasteiger charge is 2.24. The molecule has 1 heterocycles. The minimum atomic E-state index is 0.259. The predicted octanol–water partition coefficient (Wildman–Crippen LogP) is 1.13. The molecule has 0 radical (unpaired) electrons. The summed E-state index contributed by atoms with van der Waals surface area (Å²) in [6.45, 7) is 1.02. The van der Waals surface area contributed by atoms with Crippen LogP contribution in [-0.4, -0.2) is 47.4 Å². The van der Waals surface area contributed by atoms with Crippen molar-refractivity contribution < 1.29 is 9.84 Å². The summed E-state index contributed by atoms with van der Waals surface area (Å²) < 4.78 is 5.05. The topological polar surface area (TPSA) is 92.2 Å². The Morgan fingerprint density at radius 1 is 1.15 bits per heavy atom. The van der Waals surface area contributed by atoms with Gasteiger partial charge in [0.1, 0.15) is 0 Å². The van der Waals surface area contributed by atoms with Crippen LogP contribution in [0, 0.1) is 11.8 Å². The number of hydrogen-bond acceptors (Lipinski definition) is 7. The van der Waals surface area contributed by atoms with Crippen molar-refractivity contribution in [1.82, 2.24) is 15.0 Å². The number of nitrogens with zero attached hydrogens (tertiary/aromatic N) is 3. The maximum atomic E-state index is 9.42. The molecule has 2 unspecified atom stereocenters. The van der Waals surface area contributed by atoms with E-state index >= 15 is 0 Å². The predicted molar refractivity (Wildman–Crippen MR) is 76.9 cm³/mol. The summed E-state index contributed by atoms with van der Waals surface area (Å²) in [6.07, 6.45) is 4.68. The van der Waals surface area contributed by atoms with Gasteiger partial charge in [0, 0.05) is 20.2 Å². The molecule has 1 aliphatic rings. The Bertz CT molecular complexity index is 407. The van der Waals surface area contributed by atoms with Crippen LogP contribution in [0.2, 0.25) is 0 Å². The van der Waals surface area contributed by atoms with Crippen molar-refractivity contribution in [2.75, 3.05) is 37.9 Å². The number of ether oxygens (including phenoxy) is 1. The van der Waals surface area contributed by atoms with Crippen LogP contribution in [0.1, 0.15) is 25.7 Å². The first kappa shape index (κ1) is 14.8. The van der Waals surface area contributed by atoms with Gasteiger partial charge < -0.3 is 20.5 Å². The first-order valence-corrected chi connectivity index (χ1v) is 7.09. The largest absolute Gasteiger partial charge is 0.467 e. The summed E-state index contributed by atoms with van der Waals surface area (Å²) >= 11 is 0. The van der Waals surface area contributed by atoms with Crippen LogP contribution in [0.5, 0.6) is 6.01 Å². The molecule has 0 aromatic carbocycles. The van der Waals surface area contributed by atoms with E-state index in [2.05, 4.69) is 25.6 Å².